The molecule has 0 aliphatic carbocycles. The minimum Gasteiger partial charge on any atom is -0.382 e. The molecule has 19 heavy (non-hydrogen) atoms. The predicted octanol–water partition coefficient (Wildman–Crippen LogP) is 4.16. The van der Waals surface area contributed by atoms with Crippen LogP contribution < -0.4 is 5.32 Å². The van der Waals surface area contributed by atoms with Crippen LogP contribution in [0.3, 0.4) is 0 Å². The largest absolute Gasteiger partial charge is 0.418 e. The number of nitrogens with one attached hydrogen (secondary N) is 1. The molecular weight excluding hydrogens is 337 g/mol. The van der Waals surface area contributed by atoms with Crippen molar-refractivity contribution in [1.82, 2.24) is 0 Å². The number of hydrogen-bond donors (Lipinski definition) is 1. The zero-order valence-electron chi connectivity index (χ0n) is 9.61. The maximum atomic E-state index is 12.7. The van der Waals surface area contributed by atoms with E-state index in [1.54, 1.807) is 0 Å². The van der Waals surface area contributed by atoms with Gasteiger partial charge in [0.15, 0.2) is 0 Å². The monoisotopic (exact) mass is 347 g/mol. The Morgan fingerprint density at radius 3 is 2.53 bits per heavy atom. The van der Waals surface area contributed by atoms with E-state index in [1.807, 2.05) is 0 Å². The van der Waals surface area contributed by atoms with Gasteiger partial charge in [-0.2, -0.15) is 13.2 Å². The lowest BCUT2D eigenvalue weighted by Gasteiger charge is -2.15. The molecule has 0 spiro atoms. The van der Waals surface area contributed by atoms with Crippen molar-refractivity contribution in [2.45, 2.75) is 12.6 Å². The fourth-order valence-electron chi connectivity index (χ4n) is 1.34. The first-order valence-corrected chi connectivity index (χ1v) is 6.06. The van der Waals surface area contributed by atoms with E-state index in [1.165, 1.54) is 12.1 Å². The summed E-state index contributed by atoms with van der Waals surface area (Å²) >= 11 is 3.07. The Morgan fingerprint density at radius 1 is 1.26 bits per heavy atom. The third kappa shape index (κ3) is 5.73. The minimum atomic E-state index is -4.48. The lowest BCUT2D eigenvalue weighted by atomic mass is 10.1. The maximum Gasteiger partial charge on any atom is 0.418 e. The smallest absolute Gasteiger partial charge is 0.382 e. The molecule has 0 heterocycles. The molecule has 1 rings (SSSR count). The minimum absolute atomic E-state index is 0.00620. The van der Waals surface area contributed by atoms with Gasteiger partial charge in [-0.25, -0.2) is 8.78 Å². The summed E-state index contributed by atoms with van der Waals surface area (Å²) in [4.78, 5) is 0. The molecular formula is C11H11BrF5NO. The SMILES string of the molecule is FC(F)COCCNc1cc(Br)ccc1C(F)(F)F. The van der Waals surface area contributed by atoms with Crippen molar-refractivity contribution in [3.63, 3.8) is 0 Å². The van der Waals surface area contributed by atoms with Crippen LogP contribution >= 0.6 is 15.9 Å². The van der Waals surface area contributed by atoms with Crippen LogP contribution in [-0.2, 0) is 10.9 Å². The number of hydrogen-bond acceptors (Lipinski definition) is 2. The van der Waals surface area contributed by atoms with Crippen LogP contribution in [0.25, 0.3) is 0 Å². The molecule has 8 heteroatoms. The highest BCUT2D eigenvalue weighted by Gasteiger charge is 2.33. The van der Waals surface area contributed by atoms with Crippen LogP contribution in [0.15, 0.2) is 22.7 Å². The Bertz CT molecular complexity index is 411. The Hall–Kier alpha value is -0.890. The Labute approximate surface area is 115 Å². The fraction of sp³-hybridized carbons (Fsp3) is 0.455. The van der Waals surface area contributed by atoms with Gasteiger partial charge in [0.1, 0.15) is 6.61 Å². The van der Waals surface area contributed by atoms with Crippen molar-refractivity contribution in [3.05, 3.63) is 28.2 Å². The van der Waals surface area contributed by atoms with E-state index in [9.17, 15) is 22.0 Å². The molecule has 0 atom stereocenters. The Morgan fingerprint density at radius 2 is 1.95 bits per heavy atom. The highest BCUT2D eigenvalue weighted by Crippen LogP contribution is 2.36. The van der Waals surface area contributed by atoms with Gasteiger partial charge in [-0.3, -0.25) is 0 Å². The second-order valence-electron chi connectivity index (χ2n) is 3.58. The highest BCUT2D eigenvalue weighted by atomic mass is 79.9. The van der Waals surface area contributed by atoms with Crippen molar-refractivity contribution < 1.29 is 26.7 Å². The normalized spacial score (nSPS) is 11.9. The third-order valence-corrected chi connectivity index (χ3v) is 2.59. The predicted molar refractivity (Wildman–Crippen MR) is 64.5 cm³/mol. The molecule has 2 nitrogen and oxygen atoms in total. The van der Waals surface area contributed by atoms with E-state index in [0.717, 1.165) is 6.07 Å². The third-order valence-electron chi connectivity index (χ3n) is 2.09. The first-order valence-electron chi connectivity index (χ1n) is 5.27. The van der Waals surface area contributed by atoms with Crippen LogP contribution in [0.4, 0.5) is 27.6 Å². The van der Waals surface area contributed by atoms with Gasteiger partial charge in [-0.05, 0) is 18.2 Å². The molecule has 1 N–H and O–H groups in total. The molecule has 0 radical (unpaired) electrons. The quantitative estimate of drug-likeness (QED) is 0.616. The number of ether oxygens (including phenoxy) is 1. The number of rotatable bonds is 6. The lowest BCUT2D eigenvalue weighted by molar-refractivity contribution is -0.137. The molecule has 0 aromatic heterocycles. The summed E-state index contributed by atoms with van der Waals surface area (Å²) in [5.41, 5.74) is -0.938. The lowest BCUT2D eigenvalue weighted by Crippen LogP contribution is -2.16. The van der Waals surface area contributed by atoms with Gasteiger partial charge >= 0.3 is 6.18 Å². The molecule has 1 aromatic rings. The first-order chi connectivity index (χ1) is 8.80. The van der Waals surface area contributed by atoms with Crippen molar-refractivity contribution in [2.24, 2.45) is 0 Å². The molecule has 0 fully saturated rings. The van der Waals surface area contributed by atoms with Gasteiger partial charge in [0, 0.05) is 16.7 Å². The van der Waals surface area contributed by atoms with E-state index >= 15 is 0 Å². The molecule has 0 saturated carbocycles. The van der Waals surface area contributed by atoms with Gasteiger partial charge in [-0.1, -0.05) is 15.9 Å². The maximum absolute atomic E-state index is 12.7. The van der Waals surface area contributed by atoms with Crippen molar-refractivity contribution in [3.8, 4) is 0 Å². The molecule has 1 aromatic carbocycles. The molecule has 108 valence electrons. The number of halogens is 6. The van der Waals surface area contributed by atoms with E-state index in [2.05, 4.69) is 26.0 Å². The van der Waals surface area contributed by atoms with Crippen molar-refractivity contribution in [1.29, 1.82) is 0 Å². The first kappa shape index (κ1) is 16.2. The van der Waals surface area contributed by atoms with Crippen LogP contribution in [0.2, 0.25) is 0 Å². The van der Waals surface area contributed by atoms with Gasteiger partial charge < -0.3 is 10.1 Å². The fourth-order valence-corrected chi connectivity index (χ4v) is 1.70. The standard InChI is InChI=1S/C11H11BrF5NO/c12-7-1-2-8(11(15,16)17)9(5-7)18-3-4-19-6-10(13)14/h1-2,5,10,18H,3-4,6H2. The summed E-state index contributed by atoms with van der Waals surface area (Å²) in [5.74, 6) is 0. The van der Waals surface area contributed by atoms with E-state index in [4.69, 9.17) is 0 Å². The summed E-state index contributed by atoms with van der Waals surface area (Å²) in [6, 6.07) is 3.49. The van der Waals surface area contributed by atoms with Gasteiger partial charge in [-0.15, -0.1) is 0 Å². The van der Waals surface area contributed by atoms with Crippen LogP contribution in [-0.4, -0.2) is 26.2 Å². The topological polar surface area (TPSA) is 21.3 Å². The Kier molecular flexibility index (Phi) is 5.99. The Balaban J connectivity index is 2.59. The highest BCUT2D eigenvalue weighted by molar-refractivity contribution is 9.10. The number of anilines is 1. The molecule has 0 aliphatic heterocycles. The zero-order valence-corrected chi connectivity index (χ0v) is 11.2. The average molecular weight is 348 g/mol. The molecule has 0 aliphatic rings. The summed E-state index contributed by atoms with van der Waals surface area (Å²) in [5, 5.41) is 2.51. The summed E-state index contributed by atoms with van der Waals surface area (Å²) in [6.07, 6.45) is -7.07. The van der Waals surface area contributed by atoms with Crippen molar-refractivity contribution >= 4 is 21.6 Å². The van der Waals surface area contributed by atoms with Gasteiger partial charge in [0.2, 0.25) is 0 Å². The van der Waals surface area contributed by atoms with Crippen LogP contribution in [0.5, 0.6) is 0 Å². The van der Waals surface area contributed by atoms with E-state index < -0.39 is 24.8 Å². The summed E-state index contributed by atoms with van der Waals surface area (Å²) in [6.45, 7) is -0.827. The van der Waals surface area contributed by atoms with E-state index in [0.29, 0.717) is 4.47 Å². The second kappa shape index (κ2) is 7.04. The van der Waals surface area contributed by atoms with Gasteiger partial charge in [0.05, 0.1) is 12.2 Å². The van der Waals surface area contributed by atoms with Crippen LogP contribution in [0.1, 0.15) is 5.56 Å². The molecule has 0 unspecified atom stereocenters. The average Bonchev–Trinajstić information content (AvgIpc) is 2.26. The van der Waals surface area contributed by atoms with Crippen molar-refractivity contribution in [2.75, 3.05) is 25.1 Å². The zero-order chi connectivity index (χ0) is 14.5. The summed E-state index contributed by atoms with van der Waals surface area (Å²) in [7, 11) is 0. The second-order valence-corrected chi connectivity index (χ2v) is 4.50. The van der Waals surface area contributed by atoms with Crippen LogP contribution in [0, 0.1) is 0 Å². The van der Waals surface area contributed by atoms with E-state index in [-0.39, 0.29) is 18.8 Å². The number of benzene rings is 1. The molecule has 0 amide bonds. The number of alkyl halides is 5. The molecule has 0 saturated heterocycles. The molecule has 0 bridgehead atoms. The van der Waals surface area contributed by atoms with Gasteiger partial charge in [0.25, 0.3) is 6.43 Å². The summed E-state index contributed by atoms with van der Waals surface area (Å²) < 4.78 is 66.6.